The zero-order valence-electron chi connectivity index (χ0n) is 16.5. The molecule has 0 saturated carbocycles. The molecule has 1 aliphatic rings. The highest BCUT2D eigenvalue weighted by molar-refractivity contribution is 14.0. The summed E-state index contributed by atoms with van der Waals surface area (Å²) in [6.45, 7) is 6.11. The van der Waals surface area contributed by atoms with Gasteiger partial charge < -0.3 is 20.1 Å². The van der Waals surface area contributed by atoms with Crippen LogP contribution >= 0.6 is 24.0 Å². The van der Waals surface area contributed by atoms with Gasteiger partial charge in [-0.3, -0.25) is 4.99 Å². The minimum atomic E-state index is -3.36. The molecule has 2 N–H and O–H groups in total. The number of rotatable bonds is 9. The predicted octanol–water partition coefficient (Wildman–Crippen LogP) is 1.17. The van der Waals surface area contributed by atoms with E-state index in [0.717, 1.165) is 11.1 Å². The highest BCUT2D eigenvalue weighted by Crippen LogP contribution is 2.16. The maximum Gasteiger partial charge on any atom is 0.218 e. The fourth-order valence-corrected chi connectivity index (χ4v) is 4.33. The van der Waals surface area contributed by atoms with E-state index in [2.05, 4.69) is 15.6 Å². The van der Waals surface area contributed by atoms with Crippen molar-refractivity contribution in [3.8, 4) is 0 Å². The molecule has 0 aromatic heterocycles. The van der Waals surface area contributed by atoms with E-state index < -0.39 is 10.0 Å². The Balaban J connectivity index is 0.00000392. The largest absolute Gasteiger partial charge is 0.380 e. The molecule has 28 heavy (non-hydrogen) atoms. The fraction of sp³-hybridized carbons (Fsp3) is 0.611. The Kier molecular flexibility index (Phi) is 11.9. The van der Waals surface area contributed by atoms with Crippen LogP contribution in [-0.4, -0.2) is 71.8 Å². The molecule has 0 aliphatic carbocycles. The third kappa shape index (κ3) is 8.19. The Labute approximate surface area is 185 Å². The molecule has 0 atom stereocenters. The maximum atomic E-state index is 12.7. The molecule has 8 nitrogen and oxygen atoms in total. The van der Waals surface area contributed by atoms with Crippen molar-refractivity contribution < 1.29 is 17.9 Å². The summed E-state index contributed by atoms with van der Waals surface area (Å²) in [4.78, 5) is 4.18. The van der Waals surface area contributed by atoms with Crippen LogP contribution < -0.4 is 10.6 Å². The molecule has 0 radical (unpaired) electrons. The Morgan fingerprint density at radius 2 is 1.89 bits per heavy atom. The molecule has 0 spiro atoms. The lowest BCUT2D eigenvalue weighted by molar-refractivity contribution is 0.0729. The molecule has 1 saturated heterocycles. The third-order valence-corrected chi connectivity index (χ3v) is 6.06. The van der Waals surface area contributed by atoms with Gasteiger partial charge in [0.1, 0.15) is 0 Å². The Bertz CT molecular complexity index is 709. The SMILES string of the molecule is CCOCCNC(=NC)NCc1ccccc1CS(=O)(=O)N1CCOCC1.I. The summed E-state index contributed by atoms with van der Waals surface area (Å²) >= 11 is 0. The standard InChI is InChI=1S/C18H30N4O4S.HI/c1-3-25-11-8-20-18(19-2)21-14-16-6-4-5-7-17(16)15-27(23,24)22-9-12-26-13-10-22;/h4-7H,3,8-15H2,1-2H3,(H2,19,20,21);1H. The van der Waals surface area contributed by atoms with Crippen LogP contribution in [0.5, 0.6) is 0 Å². The topological polar surface area (TPSA) is 92.3 Å². The van der Waals surface area contributed by atoms with Gasteiger partial charge in [-0.15, -0.1) is 24.0 Å². The number of hydrogen-bond acceptors (Lipinski definition) is 5. The molecule has 0 unspecified atom stereocenters. The van der Waals surface area contributed by atoms with Crippen molar-refractivity contribution in [2.45, 2.75) is 19.2 Å². The lowest BCUT2D eigenvalue weighted by Gasteiger charge is -2.26. The Hall–Kier alpha value is -0.950. The first-order valence-corrected chi connectivity index (χ1v) is 10.8. The average molecular weight is 526 g/mol. The molecule has 1 fully saturated rings. The summed E-state index contributed by atoms with van der Waals surface area (Å²) in [7, 11) is -1.66. The van der Waals surface area contributed by atoms with Crippen molar-refractivity contribution in [1.82, 2.24) is 14.9 Å². The summed E-state index contributed by atoms with van der Waals surface area (Å²) in [5, 5.41) is 6.39. The van der Waals surface area contributed by atoms with Crippen LogP contribution in [0.25, 0.3) is 0 Å². The third-order valence-electron chi connectivity index (χ3n) is 4.23. The van der Waals surface area contributed by atoms with Crippen molar-refractivity contribution >= 4 is 40.0 Å². The van der Waals surface area contributed by atoms with Crippen molar-refractivity contribution in [2.24, 2.45) is 4.99 Å². The van der Waals surface area contributed by atoms with Crippen LogP contribution in [0.2, 0.25) is 0 Å². The molecule has 160 valence electrons. The normalized spacial score (nSPS) is 15.7. The van der Waals surface area contributed by atoms with E-state index >= 15 is 0 Å². The quantitative estimate of drug-likeness (QED) is 0.217. The molecule has 1 aliphatic heterocycles. The maximum absolute atomic E-state index is 12.7. The number of ether oxygens (including phenoxy) is 2. The first kappa shape index (κ1) is 25.1. The van der Waals surface area contributed by atoms with E-state index in [0.29, 0.717) is 58.6 Å². The van der Waals surface area contributed by atoms with Crippen molar-refractivity contribution in [2.75, 3.05) is 53.1 Å². The van der Waals surface area contributed by atoms with Crippen LogP contribution in [0.4, 0.5) is 0 Å². The molecular weight excluding hydrogens is 495 g/mol. The van der Waals surface area contributed by atoms with Gasteiger partial charge >= 0.3 is 0 Å². The number of benzene rings is 1. The first-order chi connectivity index (χ1) is 13.1. The van der Waals surface area contributed by atoms with Crippen LogP contribution in [-0.2, 0) is 31.8 Å². The van der Waals surface area contributed by atoms with Gasteiger partial charge in [-0.05, 0) is 18.1 Å². The predicted molar refractivity (Wildman–Crippen MR) is 122 cm³/mol. The molecule has 1 aromatic carbocycles. The van der Waals surface area contributed by atoms with E-state index in [1.807, 2.05) is 31.2 Å². The molecule has 1 aromatic rings. The van der Waals surface area contributed by atoms with Crippen LogP contribution in [0.1, 0.15) is 18.1 Å². The van der Waals surface area contributed by atoms with Gasteiger partial charge in [-0.25, -0.2) is 8.42 Å². The molecule has 0 bridgehead atoms. The van der Waals surface area contributed by atoms with Crippen LogP contribution in [0.15, 0.2) is 29.3 Å². The van der Waals surface area contributed by atoms with Gasteiger partial charge in [0.2, 0.25) is 10.0 Å². The van der Waals surface area contributed by atoms with Gasteiger partial charge in [0, 0.05) is 39.8 Å². The van der Waals surface area contributed by atoms with Gasteiger partial charge in [0.05, 0.1) is 25.6 Å². The molecular formula is C18H31IN4O4S. The average Bonchev–Trinajstić information content (AvgIpc) is 2.69. The van der Waals surface area contributed by atoms with Crippen molar-refractivity contribution in [3.63, 3.8) is 0 Å². The van der Waals surface area contributed by atoms with Crippen LogP contribution in [0.3, 0.4) is 0 Å². The van der Waals surface area contributed by atoms with Gasteiger partial charge in [-0.2, -0.15) is 4.31 Å². The number of guanidine groups is 1. The summed E-state index contributed by atoms with van der Waals surface area (Å²) in [6.07, 6.45) is 0. The number of nitrogens with zero attached hydrogens (tertiary/aromatic N) is 2. The summed E-state index contributed by atoms with van der Waals surface area (Å²) in [5.74, 6) is 0.641. The molecule has 0 amide bonds. The Morgan fingerprint density at radius 3 is 2.54 bits per heavy atom. The highest BCUT2D eigenvalue weighted by atomic mass is 127. The van der Waals surface area contributed by atoms with E-state index in [-0.39, 0.29) is 29.7 Å². The van der Waals surface area contributed by atoms with E-state index in [4.69, 9.17) is 9.47 Å². The van der Waals surface area contributed by atoms with E-state index in [1.54, 1.807) is 7.05 Å². The Morgan fingerprint density at radius 1 is 1.21 bits per heavy atom. The van der Waals surface area contributed by atoms with Gasteiger partial charge in [-0.1, -0.05) is 24.3 Å². The highest BCUT2D eigenvalue weighted by Gasteiger charge is 2.25. The zero-order valence-corrected chi connectivity index (χ0v) is 19.7. The minimum absolute atomic E-state index is 0. The zero-order chi connectivity index (χ0) is 19.5. The number of halogens is 1. The lowest BCUT2D eigenvalue weighted by Crippen LogP contribution is -2.41. The number of nitrogens with one attached hydrogen (secondary N) is 2. The number of sulfonamides is 1. The van der Waals surface area contributed by atoms with Gasteiger partial charge in [0.25, 0.3) is 0 Å². The second-order valence-electron chi connectivity index (χ2n) is 6.09. The summed E-state index contributed by atoms with van der Waals surface area (Å²) in [5.41, 5.74) is 1.73. The second-order valence-corrected chi connectivity index (χ2v) is 8.05. The van der Waals surface area contributed by atoms with Crippen molar-refractivity contribution in [1.29, 1.82) is 0 Å². The van der Waals surface area contributed by atoms with Gasteiger partial charge in [0.15, 0.2) is 5.96 Å². The molecule has 2 rings (SSSR count). The number of aliphatic imine (C=N–C) groups is 1. The fourth-order valence-electron chi connectivity index (χ4n) is 2.77. The first-order valence-electron chi connectivity index (χ1n) is 9.21. The smallest absolute Gasteiger partial charge is 0.218 e. The second kappa shape index (κ2) is 13.3. The molecule has 1 heterocycles. The monoisotopic (exact) mass is 526 g/mol. The summed E-state index contributed by atoms with van der Waals surface area (Å²) in [6, 6.07) is 7.57. The number of hydrogen-bond donors (Lipinski definition) is 2. The summed E-state index contributed by atoms with van der Waals surface area (Å²) < 4.78 is 37.5. The van der Waals surface area contributed by atoms with Crippen LogP contribution in [0, 0.1) is 0 Å². The van der Waals surface area contributed by atoms with E-state index in [9.17, 15) is 8.42 Å². The van der Waals surface area contributed by atoms with Crippen molar-refractivity contribution in [3.05, 3.63) is 35.4 Å². The molecule has 10 heteroatoms. The number of morpholine rings is 1. The van der Waals surface area contributed by atoms with E-state index in [1.165, 1.54) is 4.31 Å². The lowest BCUT2D eigenvalue weighted by atomic mass is 10.1. The minimum Gasteiger partial charge on any atom is -0.380 e.